The van der Waals surface area contributed by atoms with Gasteiger partial charge in [-0.05, 0) is 38.2 Å². The monoisotopic (exact) mass is 326 g/mol. The zero-order valence-corrected chi connectivity index (χ0v) is 14.5. The van der Waals surface area contributed by atoms with Crippen LogP contribution in [0.3, 0.4) is 0 Å². The Hall–Kier alpha value is -2.30. The van der Waals surface area contributed by atoms with Crippen molar-refractivity contribution >= 4 is 6.03 Å². The zero-order chi connectivity index (χ0) is 16.9. The third-order valence-electron chi connectivity index (χ3n) is 4.79. The van der Waals surface area contributed by atoms with Crippen LogP contribution in [-0.2, 0) is 13.1 Å². The van der Waals surface area contributed by atoms with E-state index in [1.54, 1.807) is 0 Å². The Labute approximate surface area is 143 Å². The molecule has 1 aliphatic heterocycles. The number of urea groups is 1. The molecule has 1 fully saturated rings. The summed E-state index contributed by atoms with van der Waals surface area (Å²) in [7, 11) is 0. The number of hydrogen-bond donors (Lipinski definition) is 1. The van der Waals surface area contributed by atoms with Crippen LogP contribution < -0.4 is 5.32 Å². The van der Waals surface area contributed by atoms with E-state index in [1.165, 1.54) is 12.1 Å². The van der Waals surface area contributed by atoms with E-state index in [4.69, 9.17) is 0 Å². The number of piperidine rings is 1. The van der Waals surface area contributed by atoms with Gasteiger partial charge in [0.25, 0.3) is 0 Å². The average molecular weight is 326 g/mol. The minimum Gasteiger partial charge on any atom is -0.334 e. The first kappa shape index (κ1) is 16.6. The number of amides is 2. The van der Waals surface area contributed by atoms with Gasteiger partial charge in [0.1, 0.15) is 5.82 Å². The van der Waals surface area contributed by atoms with Gasteiger partial charge in [-0.25, -0.2) is 9.78 Å². The van der Waals surface area contributed by atoms with Crippen LogP contribution in [0, 0.1) is 19.8 Å². The van der Waals surface area contributed by atoms with Gasteiger partial charge >= 0.3 is 6.03 Å². The molecule has 1 N–H and O–H groups in total. The summed E-state index contributed by atoms with van der Waals surface area (Å²) in [6.45, 7) is 7.32. The summed E-state index contributed by atoms with van der Waals surface area (Å²) in [6, 6.07) is 10.1. The predicted molar refractivity (Wildman–Crippen MR) is 94.7 cm³/mol. The lowest BCUT2D eigenvalue weighted by molar-refractivity contribution is 0.158. The van der Waals surface area contributed by atoms with Crippen molar-refractivity contribution in [2.45, 2.75) is 39.8 Å². The molecule has 0 spiro atoms. The van der Waals surface area contributed by atoms with Gasteiger partial charge in [0.15, 0.2) is 0 Å². The van der Waals surface area contributed by atoms with Crippen LogP contribution in [0.2, 0.25) is 0 Å². The van der Waals surface area contributed by atoms with Crippen molar-refractivity contribution in [2.75, 3.05) is 13.1 Å². The van der Waals surface area contributed by atoms with Crippen LogP contribution in [0.5, 0.6) is 0 Å². The van der Waals surface area contributed by atoms with Crippen molar-refractivity contribution in [2.24, 2.45) is 5.92 Å². The van der Waals surface area contributed by atoms with E-state index in [0.29, 0.717) is 12.5 Å². The first-order valence-electron chi connectivity index (χ1n) is 8.69. The number of aryl methyl sites for hydroxylation is 2. The van der Waals surface area contributed by atoms with E-state index in [0.717, 1.165) is 37.4 Å². The van der Waals surface area contributed by atoms with Crippen molar-refractivity contribution in [1.82, 2.24) is 19.8 Å². The second-order valence-corrected chi connectivity index (χ2v) is 6.66. The quantitative estimate of drug-likeness (QED) is 0.938. The van der Waals surface area contributed by atoms with Gasteiger partial charge in [-0.2, -0.15) is 0 Å². The number of nitrogens with one attached hydrogen (secondary N) is 1. The van der Waals surface area contributed by atoms with Gasteiger partial charge in [0, 0.05) is 38.1 Å². The lowest BCUT2D eigenvalue weighted by Gasteiger charge is -2.33. The average Bonchev–Trinajstić information content (AvgIpc) is 2.93. The van der Waals surface area contributed by atoms with Crippen LogP contribution >= 0.6 is 0 Å². The summed E-state index contributed by atoms with van der Waals surface area (Å²) in [5.74, 6) is 1.55. The molecule has 128 valence electrons. The van der Waals surface area contributed by atoms with E-state index in [2.05, 4.69) is 21.8 Å². The highest BCUT2D eigenvalue weighted by Crippen LogP contribution is 2.20. The highest BCUT2D eigenvalue weighted by atomic mass is 16.2. The summed E-state index contributed by atoms with van der Waals surface area (Å²) in [6.07, 6.45) is 4.15. The molecule has 5 heteroatoms. The molecule has 0 bridgehead atoms. The molecule has 3 rings (SSSR count). The number of aromatic nitrogens is 2. The Morgan fingerprint density at radius 2 is 2.08 bits per heavy atom. The van der Waals surface area contributed by atoms with Crippen LogP contribution in [0.15, 0.2) is 36.5 Å². The SMILES string of the molecule is Cc1cnc(C)n1CC1CCCN(C(=O)NCc2ccccc2)C1. The topological polar surface area (TPSA) is 50.2 Å². The Morgan fingerprint density at radius 1 is 1.29 bits per heavy atom. The summed E-state index contributed by atoms with van der Waals surface area (Å²) >= 11 is 0. The normalized spacial score (nSPS) is 17.8. The van der Waals surface area contributed by atoms with Gasteiger partial charge in [0.2, 0.25) is 0 Å². The lowest BCUT2D eigenvalue weighted by Crippen LogP contribution is -2.46. The highest BCUT2D eigenvalue weighted by Gasteiger charge is 2.24. The van der Waals surface area contributed by atoms with E-state index < -0.39 is 0 Å². The molecule has 2 heterocycles. The molecule has 1 unspecified atom stereocenters. The second kappa shape index (κ2) is 7.51. The maximum Gasteiger partial charge on any atom is 0.317 e. The number of carbonyl (C=O) groups is 1. The molecular formula is C19H26N4O. The van der Waals surface area contributed by atoms with Gasteiger partial charge in [0.05, 0.1) is 0 Å². The van der Waals surface area contributed by atoms with Gasteiger partial charge in [-0.3, -0.25) is 0 Å². The van der Waals surface area contributed by atoms with Crippen LogP contribution in [0.1, 0.15) is 29.9 Å². The zero-order valence-electron chi connectivity index (χ0n) is 14.5. The molecule has 1 atom stereocenters. The number of rotatable bonds is 4. The van der Waals surface area contributed by atoms with Gasteiger partial charge in [-0.1, -0.05) is 30.3 Å². The molecule has 2 aromatic rings. The van der Waals surface area contributed by atoms with E-state index >= 15 is 0 Å². The first-order valence-corrected chi connectivity index (χ1v) is 8.69. The molecule has 0 radical (unpaired) electrons. The molecular weight excluding hydrogens is 300 g/mol. The van der Waals surface area contributed by atoms with Crippen LogP contribution in [0.25, 0.3) is 0 Å². The number of hydrogen-bond acceptors (Lipinski definition) is 2. The highest BCUT2D eigenvalue weighted by molar-refractivity contribution is 5.74. The summed E-state index contributed by atoms with van der Waals surface area (Å²) in [5, 5.41) is 3.04. The predicted octanol–water partition coefficient (Wildman–Crippen LogP) is 3.12. The van der Waals surface area contributed by atoms with E-state index in [1.807, 2.05) is 48.4 Å². The number of nitrogens with zero attached hydrogens (tertiary/aromatic N) is 3. The molecule has 0 saturated carbocycles. The number of likely N-dealkylation sites (tertiary alicyclic amines) is 1. The fraction of sp³-hybridized carbons (Fsp3) is 0.474. The number of imidazole rings is 1. The maximum absolute atomic E-state index is 12.4. The molecule has 5 nitrogen and oxygen atoms in total. The third-order valence-corrected chi connectivity index (χ3v) is 4.79. The lowest BCUT2D eigenvalue weighted by atomic mass is 9.98. The summed E-state index contributed by atoms with van der Waals surface area (Å²) in [4.78, 5) is 18.8. The van der Waals surface area contributed by atoms with E-state index in [9.17, 15) is 4.79 Å². The minimum atomic E-state index is 0.0441. The third kappa shape index (κ3) is 3.96. The van der Waals surface area contributed by atoms with Crippen molar-refractivity contribution in [1.29, 1.82) is 0 Å². The molecule has 1 aromatic carbocycles. The van der Waals surface area contributed by atoms with Crippen molar-refractivity contribution in [3.05, 3.63) is 53.6 Å². The summed E-state index contributed by atoms with van der Waals surface area (Å²) in [5.41, 5.74) is 2.32. The Morgan fingerprint density at radius 3 is 2.79 bits per heavy atom. The molecule has 24 heavy (non-hydrogen) atoms. The van der Waals surface area contributed by atoms with Crippen molar-refractivity contribution in [3.8, 4) is 0 Å². The standard InChI is InChI=1S/C19H26N4O/c1-15-11-20-16(2)23(15)14-18-9-6-10-22(13-18)19(24)21-12-17-7-4-3-5-8-17/h3-5,7-8,11,18H,6,9-10,12-14H2,1-2H3,(H,21,24). The smallest absolute Gasteiger partial charge is 0.317 e. The maximum atomic E-state index is 12.4. The molecule has 1 aromatic heterocycles. The number of benzene rings is 1. The summed E-state index contributed by atoms with van der Waals surface area (Å²) < 4.78 is 2.26. The largest absolute Gasteiger partial charge is 0.334 e. The molecule has 1 saturated heterocycles. The second-order valence-electron chi connectivity index (χ2n) is 6.66. The van der Waals surface area contributed by atoms with Gasteiger partial charge in [-0.15, -0.1) is 0 Å². The Balaban J connectivity index is 1.54. The molecule has 1 aliphatic rings. The Bertz CT molecular complexity index is 660. The fourth-order valence-electron chi connectivity index (χ4n) is 3.40. The van der Waals surface area contributed by atoms with Crippen LogP contribution in [-0.4, -0.2) is 33.6 Å². The molecule has 2 amide bonds. The Kier molecular flexibility index (Phi) is 5.18. The fourth-order valence-corrected chi connectivity index (χ4v) is 3.40. The van der Waals surface area contributed by atoms with Gasteiger partial charge < -0.3 is 14.8 Å². The van der Waals surface area contributed by atoms with Crippen molar-refractivity contribution < 1.29 is 4.79 Å². The van der Waals surface area contributed by atoms with Crippen LogP contribution in [0.4, 0.5) is 4.79 Å². The first-order chi connectivity index (χ1) is 11.6. The van der Waals surface area contributed by atoms with Crippen molar-refractivity contribution in [3.63, 3.8) is 0 Å². The molecule has 0 aliphatic carbocycles. The number of carbonyl (C=O) groups excluding carboxylic acids is 1. The van der Waals surface area contributed by atoms with E-state index in [-0.39, 0.29) is 6.03 Å². The minimum absolute atomic E-state index is 0.0441.